The first-order valence-corrected chi connectivity index (χ1v) is 5.93. The molecule has 0 spiro atoms. The number of hydrogen-bond acceptors (Lipinski definition) is 2. The molecule has 1 aliphatic rings. The zero-order valence-electron chi connectivity index (χ0n) is 9.70. The van der Waals surface area contributed by atoms with E-state index in [0.717, 1.165) is 31.5 Å². The molecule has 2 N–H and O–H groups in total. The molecule has 1 amide bonds. The molecule has 88 valence electrons. The summed E-state index contributed by atoms with van der Waals surface area (Å²) in [5.41, 5.74) is 0.865. The van der Waals surface area contributed by atoms with Crippen molar-refractivity contribution in [2.24, 2.45) is 0 Å². The summed E-state index contributed by atoms with van der Waals surface area (Å²) in [5.74, 6) is 5.28. The van der Waals surface area contributed by atoms with Crippen LogP contribution in [0.15, 0.2) is 30.3 Å². The highest BCUT2D eigenvalue weighted by Crippen LogP contribution is 2.00. The molecule has 0 aliphatic carbocycles. The Labute approximate surface area is 102 Å². The molecular weight excluding hydrogens is 212 g/mol. The lowest BCUT2D eigenvalue weighted by Crippen LogP contribution is -2.45. The Hall–Kier alpha value is -1.79. The minimum Gasteiger partial charge on any atom is -0.341 e. The van der Waals surface area contributed by atoms with Crippen molar-refractivity contribution in [3.05, 3.63) is 35.9 Å². The zero-order valence-corrected chi connectivity index (χ0v) is 9.70. The van der Waals surface area contributed by atoms with Gasteiger partial charge in [0.1, 0.15) is 0 Å². The molecule has 1 heterocycles. The smallest absolute Gasteiger partial charge is 0.296 e. The Morgan fingerprint density at radius 2 is 2.18 bits per heavy atom. The topological polar surface area (TPSA) is 41.1 Å². The largest absolute Gasteiger partial charge is 0.341 e. The third kappa shape index (κ3) is 3.93. The molecule has 2 rings (SSSR count). The molecule has 1 fully saturated rings. The Morgan fingerprint density at radius 1 is 1.35 bits per heavy atom. The van der Waals surface area contributed by atoms with E-state index in [-0.39, 0.29) is 11.9 Å². The second-order valence-corrected chi connectivity index (χ2v) is 4.13. The molecule has 17 heavy (non-hydrogen) atoms. The number of amides is 1. The Balaban J connectivity index is 1.87. The Kier molecular flexibility index (Phi) is 4.17. The number of benzene rings is 1. The monoisotopic (exact) mass is 228 g/mol. The Bertz CT molecular complexity index is 425. The van der Waals surface area contributed by atoms with E-state index in [1.54, 1.807) is 0 Å². The van der Waals surface area contributed by atoms with E-state index in [0.29, 0.717) is 0 Å². The molecule has 1 aromatic rings. The maximum atomic E-state index is 11.6. The number of hydrogen-bond donors (Lipinski definition) is 2. The van der Waals surface area contributed by atoms with E-state index in [2.05, 4.69) is 22.5 Å². The minimum absolute atomic E-state index is 0.192. The van der Waals surface area contributed by atoms with E-state index in [9.17, 15) is 4.79 Å². The van der Waals surface area contributed by atoms with E-state index >= 15 is 0 Å². The lowest BCUT2D eigenvalue weighted by molar-refractivity contribution is -0.116. The maximum Gasteiger partial charge on any atom is 0.296 e. The SMILES string of the molecule is O=C(C#Cc1ccccc1)N[C@@H]1CCCNC1. The molecule has 0 saturated carbocycles. The summed E-state index contributed by atoms with van der Waals surface area (Å²) in [6.45, 7) is 1.89. The lowest BCUT2D eigenvalue weighted by Gasteiger charge is -2.22. The summed E-state index contributed by atoms with van der Waals surface area (Å²) in [7, 11) is 0. The molecule has 0 bridgehead atoms. The number of carbonyl (C=O) groups is 1. The van der Waals surface area contributed by atoms with Crippen LogP contribution >= 0.6 is 0 Å². The maximum absolute atomic E-state index is 11.6. The zero-order chi connectivity index (χ0) is 11.9. The molecule has 0 radical (unpaired) electrons. The summed E-state index contributed by atoms with van der Waals surface area (Å²) < 4.78 is 0. The van der Waals surface area contributed by atoms with Crippen LogP contribution in [0.1, 0.15) is 18.4 Å². The van der Waals surface area contributed by atoms with Gasteiger partial charge in [0.05, 0.1) is 0 Å². The molecule has 3 nitrogen and oxygen atoms in total. The predicted molar refractivity (Wildman–Crippen MR) is 67.4 cm³/mol. The van der Waals surface area contributed by atoms with Crippen LogP contribution in [0.5, 0.6) is 0 Å². The highest BCUT2D eigenvalue weighted by molar-refractivity contribution is 5.94. The summed E-state index contributed by atoms with van der Waals surface area (Å²) in [4.78, 5) is 11.6. The molecule has 1 saturated heterocycles. The van der Waals surface area contributed by atoms with Crippen LogP contribution in [0.3, 0.4) is 0 Å². The van der Waals surface area contributed by atoms with Gasteiger partial charge in [-0.15, -0.1) is 0 Å². The number of piperidine rings is 1. The second-order valence-electron chi connectivity index (χ2n) is 4.13. The van der Waals surface area contributed by atoms with Crippen LogP contribution in [0, 0.1) is 11.8 Å². The first-order chi connectivity index (χ1) is 8.34. The van der Waals surface area contributed by atoms with Crippen molar-refractivity contribution in [1.29, 1.82) is 0 Å². The highest BCUT2D eigenvalue weighted by Gasteiger charge is 2.13. The normalized spacial score (nSPS) is 18.9. The third-order valence-corrected chi connectivity index (χ3v) is 2.73. The van der Waals surface area contributed by atoms with Gasteiger partial charge in [-0.1, -0.05) is 24.1 Å². The van der Waals surface area contributed by atoms with Gasteiger partial charge in [0.15, 0.2) is 0 Å². The molecule has 0 aromatic heterocycles. The van der Waals surface area contributed by atoms with E-state index in [1.807, 2.05) is 30.3 Å². The van der Waals surface area contributed by atoms with Gasteiger partial charge in [-0.25, -0.2) is 0 Å². The summed E-state index contributed by atoms with van der Waals surface area (Å²) in [6, 6.07) is 9.75. The third-order valence-electron chi connectivity index (χ3n) is 2.73. The van der Waals surface area contributed by atoms with Crippen molar-refractivity contribution < 1.29 is 4.79 Å². The van der Waals surface area contributed by atoms with Crippen molar-refractivity contribution in [1.82, 2.24) is 10.6 Å². The number of carbonyl (C=O) groups excluding carboxylic acids is 1. The van der Waals surface area contributed by atoms with Gasteiger partial charge in [-0.3, -0.25) is 4.79 Å². The fourth-order valence-corrected chi connectivity index (χ4v) is 1.85. The van der Waals surface area contributed by atoms with Gasteiger partial charge in [-0.05, 0) is 31.5 Å². The second kappa shape index (κ2) is 6.07. The van der Waals surface area contributed by atoms with Crippen LogP contribution in [-0.2, 0) is 4.79 Å². The van der Waals surface area contributed by atoms with Gasteiger partial charge < -0.3 is 10.6 Å². The van der Waals surface area contributed by atoms with Crippen LogP contribution in [0.2, 0.25) is 0 Å². The predicted octanol–water partition coefficient (Wildman–Crippen LogP) is 0.906. The number of rotatable bonds is 1. The van der Waals surface area contributed by atoms with Crippen molar-refractivity contribution in [2.45, 2.75) is 18.9 Å². The summed E-state index contributed by atoms with van der Waals surface area (Å²) in [5, 5.41) is 6.17. The average Bonchev–Trinajstić information content (AvgIpc) is 2.39. The standard InChI is InChI=1S/C14H16N2O/c17-14(16-13-7-4-10-15-11-13)9-8-12-5-2-1-3-6-12/h1-3,5-6,13,15H,4,7,10-11H2,(H,16,17)/t13-/m1/s1. The summed E-state index contributed by atoms with van der Waals surface area (Å²) >= 11 is 0. The molecule has 1 aliphatic heterocycles. The van der Waals surface area contributed by atoms with Crippen molar-refractivity contribution in [3.8, 4) is 11.8 Å². The van der Waals surface area contributed by atoms with Crippen LogP contribution in [0.25, 0.3) is 0 Å². The molecule has 3 heteroatoms. The van der Waals surface area contributed by atoms with Crippen LogP contribution in [-0.4, -0.2) is 25.0 Å². The highest BCUT2D eigenvalue weighted by atomic mass is 16.1. The molecular formula is C14H16N2O. The first kappa shape index (κ1) is 11.7. The Morgan fingerprint density at radius 3 is 2.88 bits per heavy atom. The molecule has 1 atom stereocenters. The summed E-state index contributed by atoms with van der Waals surface area (Å²) in [6.07, 6.45) is 2.14. The van der Waals surface area contributed by atoms with E-state index < -0.39 is 0 Å². The van der Waals surface area contributed by atoms with E-state index in [4.69, 9.17) is 0 Å². The van der Waals surface area contributed by atoms with Crippen molar-refractivity contribution in [2.75, 3.05) is 13.1 Å². The van der Waals surface area contributed by atoms with Gasteiger partial charge in [0.25, 0.3) is 5.91 Å². The molecule has 0 unspecified atom stereocenters. The van der Waals surface area contributed by atoms with Gasteiger partial charge >= 0.3 is 0 Å². The van der Waals surface area contributed by atoms with Gasteiger partial charge in [-0.2, -0.15) is 0 Å². The first-order valence-electron chi connectivity index (χ1n) is 5.93. The fraction of sp³-hybridized carbons (Fsp3) is 0.357. The van der Waals surface area contributed by atoms with Crippen LogP contribution < -0.4 is 10.6 Å². The van der Waals surface area contributed by atoms with Gasteiger partial charge in [0, 0.05) is 24.1 Å². The lowest BCUT2D eigenvalue weighted by atomic mass is 10.1. The van der Waals surface area contributed by atoms with Crippen molar-refractivity contribution in [3.63, 3.8) is 0 Å². The quantitative estimate of drug-likeness (QED) is 0.701. The van der Waals surface area contributed by atoms with Gasteiger partial charge in [0.2, 0.25) is 0 Å². The molecule has 1 aromatic carbocycles. The van der Waals surface area contributed by atoms with E-state index in [1.165, 1.54) is 0 Å². The number of nitrogens with one attached hydrogen (secondary N) is 2. The van der Waals surface area contributed by atoms with Crippen LogP contribution in [0.4, 0.5) is 0 Å². The minimum atomic E-state index is -0.192. The average molecular weight is 228 g/mol. The fourth-order valence-electron chi connectivity index (χ4n) is 1.85. The van der Waals surface area contributed by atoms with Crippen molar-refractivity contribution >= 4 is 5.91 Å².